The van der Waals surface area contributed by atoms with E-state index in [1.54, 1.807) is 0 Å². The minimum Gasteiger partial charge on any atom is -0.458 e. The van der Waals surface area contributed by atoms with Crippen molar-refractivity contribution in [3.8, 4) is 0 Å². The largest absolute Gasteiger partial charge is 0.458 e. The Morgan fingerprint density at radius 2 is 2.06 bits per heavy atom. The fraction of sp³-hybridized carbons (Fsp3) is 0.714. The number of ether oxygens (including phenoxy) is 1. The molecular formula is C14H24O3. The summed E-state index contributed by atoms with van der Waals surface area (Å²) in [6.45, 7) is 7.16. The standard InChI is InChI=1S/C14H24O3/c1-4-7-13(8-5-2)9-6-10-14(16)11-17-12(3)15/h4,13H,1,5-11H2,2-3H3. The minimum absolute atomic E-state index is 0.00838. The molecule has 0 bridgehead atoms. The van der Waals surface area contributed by atoms with Gasteiger partial charge in [-0.1, -0.05) is 25.8 Å². The quantitative estimate of drug-likeness (QED) is 0.435. The summed E-state index contributed by atoms with van der Waals surface area (Å²) in [6.07, 6.45) is 7.74. The van der Waals surface area contributed by atoms with Crippen LogP contribution in [0.5, 0.6) is 0 Å². The summed E-state index contributed by atoms with van der Waals surface area (Å²) in [4.78, 5) is 21.9. The molecule has 0 saturated carbocycles. The maximum atomic E-state index is 11.3. The van der Waals surface area contributed by atoms with E-state index in [4.69, 9.17) is 0 Å². The van der Waals surface area contributed by atoms with Crippen LogP contribution in [0, 0.1) is 5.92 Å². The molecule has 0 spiro atoms. The van der Waals surface area contributed by atoms with Crippen molar-refractivity contribution in [2.75, 3.05) is 6.61 Å². The average Bonchev–Trinajstić information content (AvgIpc) is 2.27. The second-order valence-electron chi connectivity index (χ2n) is 4.39. The zero-order valence-corrected chi connectivity index (χ0v) is 11.0. The Bertz CT molecular complexity index is 246. The average molecular weight is 240 g/mol. The Labute approximate surface area is 104 Å². The van der Waals surface area contributed by atoms with Crippen LogP contribution in [0.1, 0.15) is 52.4 Å². The van der Waals surface area contributed by atoms with E-state index in [0.29, 0.717) is 12.3 Å². The Hall–Kier alpha value is -1.12. The molecule has 98 valence electrons. The Morgan fingerprint density at radius 3 is 2.59 bits per heavy atom. The zero-order valence-electron chi connectivity index (χ0n) is 11.0. The third-order valence-corrected chi connectivity index (χ3v) is 2.70. The lowest BCUT2D eigenvalue weighted by Crippen LogP contribution is -2.11. The molecule has 0 heterocycles. The zero-order chi connectivity index (χ0) is 13.1. The van der Waals surface area contributed by atoms with Crippen molar-refractivity contribution in [1.82, 2.24) is 0 Å². The van der Waals surface area contributed by atoms with Crippen molar-refractivity contribution in [3.05, 3.63) is 12.7 Å². The first-order valence-electron chi connectivity index (χ1n) is 6.36. The molecule has 0 aromatic rings. The molecule has 0 aliphatic carbocycles. The highest BCUT2D eigenvalue weighted by molar-refractivity contribution is 5.81. The molecule has 0 aliphatic rings. The van der Waals surface area contributed by atoms with Gasteiger partial charge in [-0.2, -0.15) is 0 Å². The van der Waals surface area contributed by atoms with Gasteiger partial charge < -0.3 is 4.74 Å². The summed E-state index contributed by atoms with van der Waals surface area (Å²) in [5.74, 6) is 0.252. The molecule has 0 fully saturated rings. The van der Waals surface area contributed by atoms with Gasteiger partial charge in [-0.3, -0.25) is 9.59 Å². The molecule has 0 aromatic heterocycles. The molecule has 0 saturated heterocycles. The topological polar surface area (TPSA) is 43.4 Å². The molecular weight excluding hydrogens is 216 g/mol. The van der Waals surface area contributed by atoms with E-state index in [1.807, 2.05) is 6.08 Å². The molecule has 1 atom stereocenters. The number of allylic oxidation sites excluding steroid dienone is 1. The molecule has 0 aromatic carbocycles. The van der Waals surface area contributed by atoms with E-state index >= 15 is 0 Å². The number of esters is 1. The normalized spacial score (nSPS) is 11.9. The van der Waals surface area contributed by atoms with E-state index in [2.05, 4.69) is 18.2 Å². The molecule has 0 N–H and O–H groups in total. The van der Waals surface area contributed by atoms with Gasteiger partial charge in [0, 0.05) is 13.3 Å². The SMILES string of the molecule is C=CCC(CCC)CCCC(=O)COC(C)=O. The molecule has 17 heavy (non-hydrogen) atoms. The highest BCUT2D eigenvalue weighted by Crippen LogP contribution is 2.19. The van der Waals surface area contributed by atoms with Crippen molar-refractivity contribution in [2.45, 2.75) is 52.4 Å². The van der Waals surface area contributed by atoms with Crippen LogP contribution in [0.3, 0.4) is 0 Å². The maximum Gasteiger partial charge on any atom is 0.303 e. The summed E-state index contributed by atoms with van der Waals surface area (Å²) in [7, 11) is 0. The van der Waals surface area contributed by atoms with Crippen LogP contribution in [0.2, 0.25) is 0 Å². The highest BCUT2D eigenvalue weighted by atomic mass is 16.5. The van der Waals surface area contributed by atoms with Crippen LogP contribution in [-0.2, 0) is 14.3 Å². The summed E-state index contributed by atoms with van der Waals surface area (Å²) in [5, 5.41) is 0. The lowest BCUT2D eigenvalue weighted by atomic mass is 9.93. The monoisotopic (exact) mass is 240 g/mol. The van der Waals surface area contributed by atoms with Gasteiger partial charge in [0.2, 0.25) is 0 Å². The first-order valence-corrected chi connectivity index (χ1v) is 6.36. The van der Waals surface area contributed by atoms with Gasteiger partial charge in [0.05, 0.1) is 0 Å². The predicted molar refractivity (Wildman–Crippen MR) is 68.7 cm³/mol. The molecule has 1 unspecified atom stereocenters. The van der Waals surface area contributed by atoms with Crippen LogP contribution < -0.4 is 0 Å². The number of hydrogen-bond donors (Lipinski definition) is 0. The molecule has 0 aliphatic heterocycles. The third-order valence-electron chi connectivity index (χ3n) is 2.70. The van der Waals surface area contributed by atoms with E-state index in [9.17, 15) is 9.59 Å². The first-order chi connectivity index (χ1) is 8.10. The van der Waals surface area contributed by atoms with Crippen molar-refractivity contribution in [2.24, 2.45) is 5.92 Å². The molecule has 0 radical (unpaired) electrons. The van der Waals surface area contributed by atoms with E-state index < -0.39 is 5.97 Å². The summed E-state index contributed by atoms with van der Waals surface area (Å²) < 4.78 is 4.65. The minimum atomic E-state index is -0.395. The number of carbonyl (C=O) groups excluding carboxylic acids is 2. The molecule has 0 amide bonds. The van der Waals surface area contributed by atoms with E-state index in [-0.39, 0.29) is 12.4 Å². The summed E-state index contributed by atoms with van der Waals surface area (Å²) >= 11 is 0. The van der Waals surface area contributed by atoms with Gasteiger partial charge in [-0.05, 0) is 25.2 Å². The van der Waals surface area contributed by atoms with Gasteiger partial charge in [0.1, 0.15) is 6.61 Å². The number of hydrogen-bond acceptors (Lipinski definition) is 3. The number of Topliss-reactive ketones (excluding diaryl/α,β-unsaturated/α-hetero) is 1. The lowest BCUT2D eigenvalue weighted by molar-refractivity contribution is -0.145. The van der Waals surface area contributed by atoms with Gasteiger partial charge in [-0.15, -0.1) is 6.58 Å². The Morgan fingerprint density at radius 1 is 1.35 bits per heavy atom. The van der Waals surface area contributed by atoms with Crippen molar-refractivity contribution < 1.29 is 14.3 Å². The van der Waals surface area contributed by atoms with Crippen LogP contribution >= 0.6 is 0 Å². The fourth-order valence-electron chi connectivity index (χ4n) is 1.87. The van der Waals surface area contributed by atoms with E-state index in [1.165, 1.54) is 19.8 Å². The van der Waals surface area contributed by atoms with Gasteiger partial charge >= 0.3 is 5.97 Å². The predicted octanol–water partition coefficient (Wildman–Crippen LogP) is 3.28. The molecule has 3 nitrogen and oxygen atoms in total. The third kappa shape index (κ3) is 9.79. The van der Waals surface area contributed by atoms with Crippen molar-refractivity contribution >= 4 is 11.8 Å². The fourth-order valence-corrected chi connectivity index (χ4v) is 1.87. The smallest absolute Gasteiger partial charge is 0.303 e. The first kappa shape index (κ1) is 15.9. The van der Waals surface area contributed by atoms with Crippen LogP contribution in [0.15, 0.2) is 12.7 Å². The van der Waals surface area contributed by atoms with Crippen LogP contribution in [0.4, 0.5) is 0 Å². The Kier molecular flexibility index (Phi) is 9.40. The van der Waals surface area contributed by atoms with Crippen molar-refractivity contribution in [1.29, 1.82) is 0 Å². The summed E-state index contributed by atoms with van der Waals surface area (Å²) in [5.41, 5.74) is 0. The Balaban J connectivity index is 3.67. The van der Waals surface area contributed by atoms with Crippen molar-refractivity contribution in [3.63, 3.8) is 0 Å². The van der Waals surface area contributed by atoms with Gasteiger partial charge in [0.15, 0.2) is 5.78 Å². The molecule has 0 rings (SSSR count). The highest BCUT2D eigenvalue weighted by Gasteiger charge is 2.08. The lowest BCUT2D eigenvalue weighted by Gasteiger charge is -2.13. The van der Waals surface area contributed by atoms with Crippen LogP contribution in [0.25, 0.3) is 0 Å². The molecule has 3 heteroatoms. The number of rotatable bonds is 10. The second kappa shape index (κ2) is 10.1. The number of ketones is 1. The number of carbonyl (C=O) groups is 2. The second-order valence-corrected chi connectivity index (χ2v) is 4.39. The van der Waals surface area contributed by atoms with Crippen LogP contribution in [-0.4, -0.2) is 18.4 Å². The van der Waals surface area contributed by atoms with Gasteiger partial charge in [0.25, 0.3) is 0 Å². The summed E-state index contributed by atoms with van der Waals surface area (Å²) in [6, 6.07) is 0. The maximum absolute atomic E-state index is 11.3. The van der Waals surface area contributed by atoms with E-state index in [0.717, 1.165) is 19.3 Å². The van der Waals surface area contributed by atoms with Gasteiger partial charge in [-0.25, -0.2) is 0 Å².